The van der Waals surface area contributed by atoms with Gasteiger partial charge in [0.1, 0.15) is 0 Å². The maximum atomic E-state index is 6.47. The van der Waals surface area contributed by atoms with E-state index in [4.69, 9.17) is 69.6 Å². The molecule has 6 aliphatic carbocycles. The van der Waals surface area contributed by atoms with Crippen molar-refractivity contribution in [3.63, 3.8) is 0 Å². The molecule has 0 amide bonds. The Bertz CT molecular complexity index is 2220. The number of rotatable bonds is 4. The fraction of sp³-hybridized carbons (Fsp3) is 0.408. The molecule has 6 aliphatic rings. The molecular weight excluding hydrogens is 963 g/mol. The van der Waals surface area contributed by atoms with E-state index in [0.29, 0.717) is 14.8 Å². The number of allylic oxidation sites excluding steroid dienone is 16. The molecule has 8 rings (SSSR count). The van der Waals surface area contributed by atoms with Crippen LogP contribution >= 0.6 is 69.6 Å². The Hall–Kier alpha value is -0.567. The molecule has 0 radical (unpaired) electrons. The minimum atomic E-state index is -3.24. The summed E-state index contributed by atoms with van der Waals surface area (Å²) >= 11 is 35.6. The molecule has 2 fully saturated rings. The molecule has 58 heavy (non-hydrogen) atoms. The minimum Gasteiger partial charge on any atom is -1.00 e. The van der Waals surface area contributed by atoms with Crippen LogP contribution in [-0.2, 0) is 28.9 Å². The van der Waals surface area contributed by atoms with E-state index in [0.717, 1.165) is 17.5 Å². The summed E-state index contributed by atoms with van der Waals surface area (Å²) in [4.78, 5) is 0. The zero-order valence-electron chi connectivity index (χ0n) is 34.1. The molecule has 9 heteroatoms. The molecule has 0 saturated heterocycles. The molecule has 2 aromatic carbocycles. The molecule has 0 nitrogen and oxygen atoms in total. The SMILES string of the molecule is CC1=CC=CC2[CH]([Zr+2]([C]3=CC=CC3)=[C](c3ccc(C(Cl)(Cl)Cl)cc3)c3ccc(C(Cl)(Cl)Cl)cc3)C3(C)C4(C)C=CC=CC4(C)C4(C)C=CC=CC4(C)C3(C)C12C.[Cl-].[Cl-]. The van der Waals surface area contributed by atoms with Crippen LogP contribution in [0.25, 0.3) is 0 Å². The number of hydrogen-bond donors (Lipinski definition) is 0. The topological polar surface area (TPSA) is 0 Å². The fourth-order valence-corrected chi connectivity index (χ4v) is 25.5. The van der Waals surface area contributed by atoms with Gasteiger partial charge in [0.15, 0.2) is 0 Å². The largest absolute Gasteiger partial charge is 1.00 e. The first-order valence-electron chi connectivity index (χ1n) is 19.6. The van der Waals surface area contributed by atoms with Gasteiger partial charge in [0, 0.05) is 0 Å². The Morgan fingerprint density at radius 2 is 1.03 bits per heavy atom. The van der Waals surface area contributed by atoms with Crippen molar-refractivity contribution in [2.75, 3.05) is 0 Å². The Morgan fingerprint density at radius 3 is 1.48 bits per heavy atom. The zero-order valence-corrected chi connectivity index (χ0v) is 42.6. The standard InChI is InChI=1S/C29H37.C15H8Cl6.C5H5.2ClH.Zr/c1-21-14-13-15-22-20-27(6)25(4)18-10-9-16-23(25,2)24(3)17-11-12-19-26(24,5)29(27,8)28(21,22)7;16-14(17,18)12-5-1-10(2-6-12)9-11-3-7-13(8-4-11)15(19,20)21;1-2-4-5-3-1;;;/h9-20,22H,1-8H3;1-8H;1-3H,4H2;2*1H;/q;;;;;+2/p-2. The van der Waals surface area contributed by atoms with Gasteiger partial charge in [0.25, 0.3) is 0 Å². The van der Waals surface area contributed by atoms with Crippen LogP contribution in [-0.4, -0.2) is 3.21 Å². The van der Waals surface area contributed by atoms with Gasteiger partial charge < -0.3 is 24.8 Å². The summed E-state index contributed by atoms with van der Waals surface area (Å²) < 4.78 is 0.272. The minimum absolute atomic E-state index is 0. The second-order valence-corrected chi connectivity index (χ2v) is 29.2. The van der Waals surface area contributed by atoms with Crippen molar-refractivity contribution in [3.8, 4) is 0 Å². The molecule has 0 aliphatic heterocycles. The first-order valence-corrected chi connectivity index (χ1v) is 25.8. The predicted molar refractivity (Wildman–Crippen MR) is 240 cm³/mol. The van der Waals surface area contributed by atoms with Gasteiger partial charge in [0.2, 0.25) is 0 Å². The van der Waals surface area contributed by atoms with Gasteiger partial charge in [-0.15, -0.1) is 0 Å². The van der Waals surface area contributed by atoms with E-state index in [1.165, 1.54) is 8.78 Å². The number of halogens is 8. The number of fused-ring (bicyclic) bond motifs is 8. The zero-order chi connectivity index (χ0) is 40.5. The summed E-state index contributed by atoms with van der Waals surface area (Å²) in [5, 5.41) is 0. The van der Waals surface area contributed by atoms with E-state index in [9.17, 15) is 0 Å². The van der Waals surface area contributed by atoms with Gasteiger partial charge in [-0.25, -0.2) is 0 Å². The van der Waals surface area contributed by atoms with Gasteiger partial charge in [-0.2, -0.15) is 0 Å². The Morgan fingerprint density at radius 1 is 0.586 bits per heavy atom. The van der Waals surface area contributed by atoms with Crippen LogP contribution in [0.3, 0.4) is 0 Å². The van der Waals surface area contributed by atoms with Crippen LogP contribution in [0, 0.1) is 43.8 Å². The average Bonchev–Trinajstić information content (AvgIpc) is 3.74. The normalized spacial score (nSPS) is 37.6. The van der Waals surface area contributed by atoms with E-state index in [1.807, 2.05) is 24.3 Å². The third-order valence-electron chi connectivity index (χ3n) is 17.2. The van der Waals surface area contributed by atoms with Crippen LogP contribution in [0.2, 0.25) is 3.63 Å². The molecule has 306 valence electrons. The summed E-state index contributed by atoms with van der Waals surface area (Å²) in [6, 6.07) is 16.7. The monoisotopic (exact) mass is 1010 g/mol. The summed E-state index contributed by atoms with van der Waals surface area (Å²) in [6.45, 7) is 20.8. The number of benzene rings is 2. The van der Waals surface area contributed by atoms with Gasteiger partial charge in [-0.1, -0.05) is 0 Å². The third kappa shape index (κ3) is 5.86. The first-order chi connectivity index (χ1) is 26.1. The van der Waals surface area contributed by atoms with Gasteiger partial charge in [-0.05, 0) is 0 Å². The summed E-state index contributed by atoms with van der Waals surface area (Å²) in [7, 11) is 0. The van der Waals surface area contributed by atoms with Gasteiger partial charge in [0.05, 0.1) is 0 Å². The molecule has 0 bridgehead atoms. The van der Waals surface area contributed by atoms with E-state index in [1.54, 1.807) is 3.28 Å². The summed E-state index contributed by atoms with van der Waals surface area (Å²) in [6.07, 6.45) is 35.1. The summed E-state index contributed by atoms with van der Waals surface area (Å²) in [5.74, 6) is 0.271. The quantitative estimate of drug-likeness (QED) is 0.268. The first kappa shape index (κ1) is 46.9. The molecule has 0 N–H and O–H groups in total. The Kier molecular flexibility index (Phi) is 12.4. The smallest absolute Gasteiger partial charge is 1.00 e. The van der Waals surface area contributed by atoms with E-state index in [2.05, 4.69) is 165 Å². The molecule has 0 heterocycles. The van der Waals surface area contributed by atoms with Crippen molar-refractivity contribution in [2.24, 2.45) is 43.8 Å². The van der Waals surface area contributed by atoms with Crippen molar-refractivity contribution >= 4 is 72.8 Å². The van der Waals surface area contributed by atoms with Crippen molar-refractivity contribution in [3.05, 3.63) is 165 Å². The van der Waals surface area contributed by atoms with Gasteiger partial charge in [-0.3, -0.25) is 0 Å². The van der Waals surface area contributed by atoms with Gasteiger partial charge >= 0.3 is 376 Å². The third-order valence-corrected chi connectivity index (χ3v) is 27.7. The Balaban J connectivity index is 0.00000283. The summed E-state index contributed by atoms with van der Waals surface area (Å²) in [5.41, 5.74) is 3.62. The van der Waals surface area contributed by atoms with Crippen LogP contribution in [0.4, 0.5) is 0 Å². The number of hydrogen-bond acceptors (Lipinski definition) is 0. The van der Waals surface area contributed by atoms with Crippen molar-refractivity contribution < 1.29 is 46.1 Å². The molecule has 2 aromatic rings. The number of alkyl halides is 6. The van der Waals surface area contributed by atoms with E-state index >= 15 is 0 Å². The van der Waals surface area contributed by atoms with Crippen LogP contribution < -0.4 is 24.8 Å². The second kappa shape index (κ2) is 15.3. The molecule has 0 aromatic heterocycles. The Labute approximate surface area is 396 Å². The fourth-order valence-electron chi connectivity index (χ4n) is 13.5. The second-order valence-electron chi connectivity index (χ2n) is 18.3. The van der Waals surface area contributed by atoms with Crippen molar-refractivity contribution in [1.29, 1.82) is 0 Å². The van der Waals surface area contributed by atoms with Crippen molar-refractivity contribution in [1.82, 2.24) is 0 Å². The predicted octanol–water partition coefficient (Wildman–Crippen LogP) is 9.62. The molecular formula is C49H50Cl8Zr. The van der Waals surface area contributed by atoms with Crippen LogP contribution in [0.15, 0.2) is 142 Å². The molecule has 2 saturated carbocycles. The average molecular weight is 1010 g/mol. The van der Waals surface area contributed by atoms with E-state index < -0.39 is 28.9 Å². The molecule has 0 spiro atoms. The molecule has 9 unspecified atom stereocenters. The maximum absolute atomic E-state index is 6.47. The van der Waals surface area contributed by atoms with Crippen LogP contribution in [0.1, 0.15) is 84.1 Å². The maximum Gasteiger partial charge on any atom is -1.00 e. The molecule has 9 atom stereocenters. The van der Waals surface area contributed by atoms with Crippen LogP contribution in [0.5, 0.6) is 0 Å². The van der Waals surface area contributed by atoms with Crippen molar-refractivity contribution in [2.45, 2.75) is 73.0 Å². The van der Waals surface area contributed by atoms with E-state index in [-0.39, 0.29) is 68.6 Å².